The SMILES string of the molecule is CC1(C)CN(C(=O)Cc2cccs2)CC(CCl)O1. The molecule has 0 saturated carbocycles. The highest BCUT2D eigenvalue weighted by Gasteiger charge is 2.35. The largest absolute Gasteiger partial charge is 0.367 e. The molecule has 1 aliphatic rings. The standard InChI is InChI=1S/C13H18ClNO2S/c1-13(2)9-15(8-10(7-14)17-13)12(16)6-11-4-3-5-18-11/h3-5,10H,6-9H2,1-2H3. The summed E-state index contributed by atoms with van der Waals surface area (Å²) in [4.78, 5) is 15.2. The van der Waals surface area contributed by atoms with Gasteiger partial charge in [-0.05, 0) is 25.3 Å². The van der Waals surface area contributed by atoms with Crippen molar-refractivity contribution < 1.29 is 9.53 Å². The van der Waals surface area contributed by atoms with E-state index in [1.54, 1.807) is 11.3 Å². The van der Waals surface area contributed by atoms with E-state index in [0.717, 1.165) is 4.88 Å². The second-order valence-electron chi connectivity index (χ2n) is 5.18. The lowest BCUT2D eigenvalue weighted by atomic mass is 10.1. The van der Waals surface area contributed by atoms with Crippen molar-refractivity contribution in [2.24, 2.45) is 0 Å². The number of halogens is 1. The van der Waals surface area contributed by atoms with Crippen LogP contribution in [0.3, 0.4) is 0 Å². The molecule has 0 N–H and O–H groups in total. The molecule has 1 unspecified atom stereocenters. The molecule has 0 bridgehead atoms. The molecule has 1 saturated heterocycles. The lowest BCUT2D eigenvalue weighted by Gasteiger charge is -2.42. The molecule has 0 aromatic carbocycles. The molecule has 5 heteroatoms. The Kier molecular flexibility index (Phi) is 4.30. The Morgan fingerprint density at radius 1 is 1.67 bits per heavy atom. The average molecular weight is 288 g/mol. The van der Waals surface area contributed by atoms with Crippen LogP contribution in [0.5, 0.6) is 0 Å². The zero-order valence-electron chi connectivity index (χ0n) is 10.7. The fourth-order valence-electron chi connectivity index (χ4n) is 2.24. The molecule has 0 radical (unpaired) electrons. The maximum Gasteiger partial charge on any atom is 0.228 e. The van der Waals surface area contributed by atoms with Gasteiger partial charge in [0.2, 0.25) is 5.91 Å². The Bertz CT molecular complexity index is 405. The molecule has 1 atom stereocenters. The van der Waals surface area contributed by atoms with Crippen LogP contribution >= 0.6 is 22.9 Å². The lowest BCUT2D eigenvalue weighted by molar-refractivity contribution is -0.156. The van der Waals surface area contributed by atoms with Gasteiger partial charge in [0, 0.05) is 18.0 Å². The van der Waals surface area contributed by atoms with E-state index in [2.05, 4.69) is 0 Å². The summed E-state index contributed by atoms with van der Waals surface area (Å²) in [6.07, 6.45) is 0.408. The van der Waals surface area contributed by atoms with Gasteiger partial charge in [-0.25, -0.2) is 0 Å². The number of hydrogen-bond donors (Lipinski definition) is 0. The van der Waals surface area contributed by atoms with Gasteiger partial charge in [0.15, 0.2) is 0 Å². The van der Waals surface area contributed by atoms with Crippen molar-refractivity contribution in [1.82, 2.24) is 4.90 Å². The molecule has 1 aromatic heterocycles. The highest BCUT2D eigenvalue weighted by molar-refractivity contribution is 7.10. The van der Waals surface area contributed by atoms with Crippen molar-refractivity contribution in [2.75, 3.05) is 19.0 Å². The van der Waals surface area contributed by atoms with E-state index in [1.165, 1.54) is 0 Å². The Hall–Kier alpha value is -0.580. The number of hydrogen-bond acceptors (Lipinski definition) is 3. The van der Waals surface area contributed by atoms with Gasteiger partial charge in [0.05, 0.1) is 24.0 Å². The molecule has 1 aliphatic heterocycles. The van der Waals surface area contributed by atoms with Crippen LogP contribution in [0.2, 0.25) is 0 Å². The van der Waals surface area contributed by atoms with Crippen LogP contribution in [0.25, 0.3) is 0 Å². The molecule has 18 heavy (non-hydrogen) atoms. The normalized spacial score (nSPS) is 23.1. The molecule has 2 rings (SSSR count). The molecule has 100 valence electrons. The molecular formula is C13H18ClNO2S. The monoisotopic (exact) mass is 287 g/mol. The van der Waals surface area contributed by atoms with E-state index in [-0.39, 0.29) is 17.6 Å². The van der Waals surface area contributed by atoms with Crippen molar-refractivity contribution in [1.29, 1.82) is 0 Å². The first kappa shape index (κ1) is 13.8. The summed E-state index contributed by atoms with van der Waals surface area (Å²) in [6, 6.07) is 3.96. The predicted octanol–water partition coefficient (Wildman–Crippen LogP) is 2.54. The summed E-state index contributed by atoms with van der Waals surface area (Å²) < 4.78 is 5.82. The molecule has 2 heterocycles. The number of alkyl halides is 1. The third-order valence-corrected chi connectivity index (χ3v) is 4.13. The van der Waals surface area contributed by atoms with Gasteiger partial charge in [0.25, 0.3) is 0 Å². The van der Waals surface area contributed by atoms with E-state index in [9.17, 15) is 4.79 Å². The smallest absolute Gasteiger partial charge is 0.228 e. The number of amides is 1. The first-order valence-electron chi connectivity index (χ1n) is 6.04. The topological polar surface area (TPSA) is 29.5 Å². The summed E-state index contributed by atoms with van der Waals surface area (Å²) in [5.74, 6) is 0.579. The van der Waals surface area contributed by atoms with Crippen molar-refractivity contribution in [3.8, 4) is 0 Å². The Morgan fingerprint density at radius 2 is 2.44 bits per heavy atom. The van der Waals surface area contributed by atoms with Crippen LogP contribution in [0, 0.1) is 0 Å². The molecule has 1 fully saturated rings. The third kappa shape index (κ3) is 3.46. The van der Waals surface area contributed by atoms with Crippen LogP contribution in [-0.2, 0) is 16.0 Å². The third-order valence-electron chi connectivity index (χ3n) is 2.91. The summed E-state index contributed by atoms with van der Waals surface area (Å²) in [6.45, 7) is 5.22. The van der Waals surface area contributed by atoms with Gasteiger partial charge in [-0.2, -0.15) is 0 Å². The van der Waals surface area contributed by atoms with Gasteiger partial charge in [-0.15, -0.1) is 22.9 Å². The number of carbonyl (C=O) groups is 1. The van der Waals surface area contributed by atoms with Gasteiger partial charge < -0.3 is 9.64 Å². The summed E-state index contributed by atoms with van der Waals surface area (Å²) >= 11 is 7.48. The van der Waals surface area contributed by atoms with Crippen LogP contribution in [0.4, 0.5) is 0 Å². The maximum atomic E-state index is 12.2. The predicted molar refractivity (Wildman–Crippen MR) is 74.3 cm³/mol. The molecule has 0 spiro atoms. The van der Waals surface area contributed by atoms with Crippen LogP contribution in [0.1, 0.15) is 18.7 Å². The quantitative estimate of drug-likeness (QED) is 0.800. The highest BCUT2D eigenvalue weighted by Crippen LogP contribution is 2.22. The Labute approximate surface area is 117 Å². The van der Waals surface area contributed by atoms with Crippen molar-refractivity contribution in [3.05, 3.63) is 22.4 Å². The number of morpholine rings is 1. The van der Waals surface area contributed by atoms with Gasteiger partial charge >= 0.3 is 0 Å². The van der Waals surface area contributed by atoms with Gasteiger partial charge in [-0.3, -0.25) is 4.79 Å². The highest BCUT2D eigenvalue weighted by atomic mass is 35.5. The van der Waals surface area contributed by atoms with Crippen LogP contribution in [-0.4, -0.2) is 41.5 Å². The molecule has 1 amide bonds. The number of nitrogens with zero attached hydrogens (tertiary/aromatic N) is 1. The molecular weight excluding hydrogens is 270 g/mol. The fourth-order valence-corrected chi connectivity index (χ4v) is 3.10. The first-order valence-corrected chi connectivity index (χ1v) is 7.45. The van der Waals surface area contributed by atoms with E-state index in [4.69, 9.17) is 16.3 Å². The Balaban J connectivity index is 2.00. The molecule has 0 aliphatic carbocycles. The van der Waals surface area contributed by atoms with E-state index in [1.807, 2.05) is 36.3 Å². The summed E-state index contributed by atoms with van der Waals surface area (Å²) in [5.41, 5.74) is -0.317. The van der Waals surface area contributed by atoms with E-state index < -0.39 is 0 Å². The maximum absolute atomic E-state index is 12.2. The summed E-state index contributed by atoms with van der Waals surface area (Å²) in [7, 11) is 0. The summed E-state index contributed by atoms with van der Waals surface area (Å²) in [5, 5.41) is 1.99. The lowest BCUT2D eigenvalue weighted by Crippen LogP contribution is -2.55. The zero-order chi connectivity index (χ0) is 13.2. The van der Waals surface area contributed by atoms with E-state index in [0.29, 0.717) is 25.4 Å². The number of ether oxygens (including phenoxy) is 1. The minimum Gasteiger partial charge on any atom is -0.367 e. The first-order chi connectivity index (χ1) is 8.50. The van der Waals surface area contributed by atoms with Crippen molar-refractivity contribution in [2.45, 2.75) is 32.0 Å². The minimum absolute atomic E-state index is 0.0669. The molecule has 3 nitrogen and oxygen atoms in total. The van der Waals surface area contributed by atoms with Crippen molar-refractivity contribution in [3.63, 3.8) is 0 Å². The fraction of sp³-hybridized carbons (Fsp3) is 0.615. The average Bonchev–Trinajstić information content (AvgIpc) is 2.79. The van der Waals surface area contributed by atoms with Crippen LogP contribution < -0.4 is 0 Å². The number of carbonyl (C=O) groups excluding carboxylic acids is 1. The van der Waals surface area contributed by atoms with Gasteiger partial charge in [0.1, 0.15) is 0 Å². The van der Waals surface area contributed by atoms with E-state index >= 15 is 0 Å². The number of rotatable bonds is 3. The van der Waals surface area contributed by atoms with Crippen LogP contribution in [0.15, 0.2) is 17.5 Å². The van der Waals surface area contributed by atoms with Gasteiger partial charge in [-0.1, -0.05) is 6.07 Å². The second-order valence-corrected chi connectivity index (χ2v) is 6.53. The molecule has 1 aromatic rings. The second kappa shape index (κ2) is 5.59. The zero-order valence-corrected chi connectivity index (χ0v) is 12.3. The van der Waals surface area contributed by atoms with Crippen molar-refractivity contribution >= 4 is 28.8 Å². The minimum atomic E-state index is -0.317. The Morgan fingerprint density at radius 3 is 3.06 bits per heavy atom. The number of thiophene rings is 1.